The van der Waals surface area contributed by atoms with Gasteiger partial charge in [0.15, 0.2) is 0 Å². The topological polar surface area (TPSA) is 74.3 Å². The SMILES string of the molecule is CCCCNC(=O)N1CCC(NC(=O)c2ccncc2)CC1. The fraction of sp³-hybridized carbons (Fsp3) is 0.562. The Balaban J connectivity index is 1.73. The number of aromatic nitrogens is 1. The first-order chi connectivity index (χ1) is 10.7. The minimum absolute atomic E-state index is 0.00682. The van der Waals surface area contributed by atoms with Crippen LogP contribution in [0.3, 0.4) is 0 Å². The van der Waals surface area contributed by atoms with Gasteiger partial charge in [0.25, 0.3) is 5.91 Å². The molecule has 1 aliphatic heterocycles. The Morgan fingerprint density at radius 1 is 1.27 bits per heavy atom. The standard InChI is InChI=1S/C16H24N4O2/c1-2-3-8-18-16(22)20-11-6-14(7-12-20)19-15(21)13-4-9-17-10-5-13/h4-5,9-10,14H,2-3,6-8,11-12H2,1H3,(H,18,22)(H,19,21). The zero-order chi connectivity index (χ0) is 15.8. The number of hydrogen-bond donors (Lipinski definition) is 2. The summed E-state index contributed by atoms with van der Waals surface area (Å²) in [4.78, 5) is 29.7. The maximum Gasteiger partial charge on any atom is 0.317 e. The van der Waals surface area contributed by atoms with E-state index >= 15 is 0 Å². The second-order valence-corrected chi connectivity index (χ2v) is 5.56. The first kappa shape index (κ1) is 16.3. The van der Waals surface area contributed by atoms with E-state index in [9.17, 15) is 9.59 Å². The van der Waals surface area contributed by atoms with Crippen LogP contribution in [-0.2, 0) is 0 Å². The van der Waals surface area contributed by atoms with Crippen LogP contribution in [-0.4, -0.2) is 47.5 Å². The average molecular weight is 304 g/mol. The van der Waals surface area contributed by atoms with Crippen molar-refractivity contribution >= 4 is 11.9 Å². The summed E-state index contributed by atoms with van der Waals surface area (Å²) in [6.07, 6.45) is 6.87. The van der Waals surface area contributed by atoms with Gasteiger partial charge in [0.1, 0.15) is 0 Å². The quantitative estimate of drug-likeness (QED) is 0.814. The van der Waals surface area contributed by atoms with Crippen LogP contribution in [0.2, 0.25) is 0 Å². The highest BCUT2D eigenvalue weighted by Gasteiger charge is 2.23. The number of nitrogens with zero attached hydrogens (tertiary/aromatic N) is 2. The predicted octanol–water partition coefficient (Wildman–Crippen LogP) is 1.79. The molecule has 1 aromatic heterocycles. The Morgan fingerprint density at radius 3 is 2.59 bits per heavy atom. The number of likely N-dealkylation sites (tertiary alicyclic amines) is 1. The Bertz CT molecular complexity index is 484. The second kappa shape index (κ2) is 8.36. The molecule has 0 atom stereocenters. The van der Waals surface area contributed by atoms with Crippen molar-refractivity contribution in [3.63, 3.8) is 0 Å². The lowest BCUT2D eigenvalue weighted by molar-refractivity contribution is 0.0918. The van der Waals surface area contributed by atoms with Crippen molar-refractivity contribution < 1.29 is 9.59 Å². The summed E-state index contributed by atoms with van der Waals surface area (Å²) in [5, 5.41) is 5.95. The van der Waals surface area contributed by atoms with Crippen LogP contribution in [0.5, 0.6) is 0 Å². The molecule has 0 spiro atoms. The van der Waals surface area contributed by atoms with E-state index in [4.69, 9.17) is 0 Å². The lowest BCUT2D eigenvalue weighted by Gasteiger charge is -2.32. The predicted molar refractivity (Wildman–Crippen MR) is 84.6 cm³/mol. The van der Waals surface area contributed by atoms with Gasteiger partial charge in [0, 0.05) is 43.6 Å². The molecule has 1 saturated heterocycles. The number of nitrogens with one attached hydrogen (secondary N) is 2. The monoisotopic (exact) mass is 304 g/mol. The minimum Gasteiger partial charge on any atom is -0.349 e. The zero-order valence-electron chi connectivity index (χ0n) is 13.0. The molecule has 0 saturated carbocycles. The van der Waals surface area contributed by atoms with Crippen molar-refractivity contribution in [2.24, 2.45) is 0 Å². The van der Waals surface area contributed by atoms with Crippen molar-refractivity contribution in [3.8, 4) is 0 Å². The Kier molecular flexibility index (Phi) is 6.18. The van der Waals surface area contributed by atoms with Gasteiger partial charge >= 0.3 is 6.03 Å². The maximum absolute atomic E-state index is 12.1. The van der Waals surface area contributed by atoms with E-state index in [0.717, 1.165) is 32.2 Å². The van der Waals surface area contributed by atoms with E-state index < -0.39 is 0 Å². The number of amides is 3. The lowest BCUT2D eigenvalue weighted by atomic mass is 10.0. The molecule has 0 bridgehead atoms. The number of carbonyl (C=O) groups excluding carboxylic acids is 2. The van der Waals surface area contributed by atoms with Gasteiger partial charge in [-0.25, -0.2) is 4.79 Å². The molecule has 6 heteroatoms. The summed E-state index contributed by atoms with van der Waals surface area (Å²) in [5.74, 6) is -0.0757. The van der Waals surface area contributed by atoms with Crippen molar-refractivity contribution in [2.75, 3.05) is 19.6 Å². The summed E-state index contributed by atoms with van der Waals surface area (Å²) in [6.45, 7) is 4.19. The summed E-state index contributed by atoms with van der Waals surface area (Å²) in [5.41, 5.74) is 0.620. The van der Waals surface area contributed by atoms with Crippen LogP contribution >= 0.6 is 0 Å². The third-order valence-electron chi connectivity index (χ3n) is 3.87. The van der Waals surface area contributed by atoms with Gasteiger partial charge in [-0.15, -0.1) is 0 Å². The van der Waals surface area contributed by atoms with E-state index in [1.165, 1.54) is 0 Å². The first-order valence-electron chi connectivity index (χ1n) is 7.94. The number of piperidine rings is 1. The molecule has 2 rings (SSSR count). The Labute approximate surface area is 131 Å². The van der Waals surface area contributed by atoms with Gasteiger partial charge in [0.2, 0.25) is 0 Å². The fourth-order valence-electron chi connectivity index (χ4n) is 2.48. The van der Waals surface area contributed by atoms with E-state index in [1.54, 1.807) is 24.5 Å². The third-order valence-corrected chi connectivity index (χ3v) is 3.87. The van der Waals surface area contributed by atoms with Crippen molar-refractivity contribution in [1.29, 1.82) is 0 Å². The van der Waals surface area contributed by atoms with Gasteiger partial charge < -0.3 is 15.5 Å². The van der Waals surface area contributed by atoms with Gasteiger partial charge in [0.05, 0.1) is 0 Å². The summed E-state index contributed by atoms with van der Waals surface area (Å²) in [6, 6.07) is 3.53. The Morgan fingerprint density at radius 2 is 1.95 bits per heavy atom. The average Bonchev–Trinajstić information content (AvgIpc) is 2.56. The summed E-state index contributed by atoms with van der Waals surface area (Å²) >= 11 is 0. The second-order valence-electron chi connectivity index (χ2n) is 5.56. The van der Waals surface area contributed by atoms with E-state index in [0.29, 0.717) is 18.7 Å². The van der Waals surface area contributed by atoms with Crippen molar-refractivity contribution in [2.45, 2.75) is 38.6 Å². The molecule has 3 amide bonds. The smallest absolute Gasteiger partial charge is 0.317 e. The van der Waals surface area contributed by atoms with Crippen LogP contribution in [0.25, 0.3) is 0 Å². The van der Waals surface area contributed by atoms with E-state index in [2.05, 4.69) is 22.5 Å². The Hall–Kier alpha value is -2.11. The van der Waals surface area contributed by atoms with Gasteiger partial charge in [-0.05, 0) is 31.4 Å². The highest BCUT2D eigenvalue weighted by atomic mass is 16.2. The number of rotatable bonds is 5. The molecular formula is C16H24N4O2. The van der Waals surface area contributed by atoms with Gasteiger partial charge in [-0.3, -0.25) is 9.78 Å². The molecular weight excluding hydrogens is 280 g/mol. The summed E-state index contributed by atoms with van der Waals surface area (Å²) in [7, 11) is 0. The van der Waals surface area contributed by atoms with E-state index in [-0.39, 0.29) is 18.0 Å². The molecule has 120 valence electrons. The molecule has 0 aromatic carbocycles. The lowest BCUT2D eigenvalue weighted by Crippen LogP contribution is -2.49. The summed E-state index contributed by atoms with van der Waals surface area (Å²) < 4.78 is 0. The third kappa shape index (κ3) is 4.72. The molecule has 1 aliphatic rings. The van der Waals surface area contributed by atoms with Crippen LogP contribution in [0, 0.1) is 0 Å². The molecule has 0 aliphatic carbocycles. The zero-order valence-corrected chi connectivity index (χ0v) is 13.0. The van der Waals surface area contributed by atoms with Crippen LogP contribution in [0.4, 0.5) is 4.79 Å². The molecule has 1 fully saturated rings. The highest BCUT2D eigenvalue weighted by molar-refractivity contribution is 5.94. The van der Waals surface area contributed by atoms with Crippen LogP contribution in [0.1, 0.15) is 43.0 Å². The van der Waals surface area contributed by atoms with Crippen LogP contribution < -0.4 is 10.6 Å². The number of carbonyl (C=O) groups is 2. The van der Waals surface area contributed by atoms with Crippen molar-refractivity contribution in [3.05, 3.63) is 30.1 Å². The minimum atomic E-state index is -0.0757. The largest absolute Gasteiger partial charge is 0.349 e. The fourth-order valence-corrected chi connectivity index (χ4v) is 2.48. The van der Waals surface area contributed by atoms with E-state index in [1.807, 2.05) is 4.90 Å². The van der Waals surface area contributed by atoms with Crippen molar-refractivity contribution in [1.82, 2.24) is 20.5 Å². The number of hydrogen-bond acceptors (Lipinski definition) is 3. The number of unbranched alkanes of at least 4 members (excludes halogenated alkanes) is 1. The van der Waals surface area contributed by atoms with Crippen LogP contribution in [0.15, 0.2) is 24.5 Å². The molecule has 2 heterocycles. The number of pyridine rings is 1. The maximum atomic E-state index is 12.1. The molecule has 0 radical (unpaired) electrons. The molecule has 2 N–H and O–H groups in total. The number of urea groups is 1. The molecule has 22 heavy (non-hydrogen) atoms. The first-order valence-corrected chi connectivity index (χ1v) is 7.94. The molecule has 0 unspecified atom stereocenters. The van der Waals surface area contributed by atoms with Gasteiger partial charge in [-0.1, -0.05) is 13.3 Å². The molecule has 1 aromatic rings. The molecule has 6 nitrogen and oxygen atoms in total. The highest BCUT2D eigenvalue weighted by Crippen LogP contribution is 2.11. The van der Waals surface area contributed by atoms with Gasteiger partial charge in [-0.2, -0.15) is 0 Å². The normalized spacial score (nSPS) is 15.4.